The van der Waals surface area contributed by atoms with Crippen LogP contribution in [-0.4, -0.2) is 17.4 Å². The van der Waals surface area contributed by atoms with Gasteiger partial charge in [0.25, 0.3) is 0 Å². The molecule has 0 saturated heterocycles. The van der Waals surface area contributed by atoms with E-state index < -0.39 is 18.2 Å². The van der Waals surface area contributed by atoms with Gasteiger partial charge in [0.05, 0.1) is 12.1 Å². The van der Waals surface area contributed by atoms with E-state index in [2.05, 4.69) is 19.9 Å². The number of anilines is 1. The number of ether oxygens (including phenoxy) is 1. The summed E-state index contributed by atoms with van der Waals surface area (Å²) >= 11 is 0. The Hall–Kier alpha value is -1.86. The number of nitrogen functional groups attached to an aromatic ring is 1. The number of nitrogens with two attached hydrogens (primary N) is 1. The van der Waals surface area contributed by atoms with Crippen molar-refractivity contribution < 1.29 is 17.9 Å². The lowest BCUT2D eigenvalue weighted by Gasteiger charge is -2.13. The van der Waals surface area contributed by atoms with E-state index in [0.717, 1.165) is 0 Å². The molecular formula is C11H15F3N4O. The van der Waals surface area contributed by atoms with Gasteiger partial charge in [-0.3, -0.25) is 0 Å². The predicted molar refractivity (Wildman–Crippen MR) is 63.7 cm³/mol. The molecule has 0 amide bonds. The third kappa shape index (κ3) is 5.11. The monoisotopic (exact) mass is 276 g/mol. The van der Waals surface area contributed by atoms with Crippen LogP contribution in [0.4, 0.5) is 19.0 Å². The van der Waals surface area contributed by atoms with Crippen LogP contribution in [0.5, 0.6) is 5.75 Å². The van der Waals surface area contributed by atoms with Crippen molar-refractivity contribution >= 4 is 5.82 Å². The van der Waals surface area contributed by atoms with Crippen molar-refractivity contribution in [3.05, 3.63) is 17.8 Å². The summed E-state index contributed by atoms with van der Waals surface area (Å²) in [5.74, 6) is -0.856. The molecule has 0 fully saturated rings. The average molecular weight is 276 g/mol. The predicted octanol–water partition coefficient (Wildman–Crippen LogP) is 3.48. The van der Waals surface area contributed by atoms with Crippen molar-refractivity contribution in [1.29, 1.82) is 0 Å². The lowest BCUT2D eigenvalue weighted by atomic mass is 10.1. The summed E-state index contributed by atoms with van der Waals surface area (Å²) in [5, 5.41) is 7.90. The highest BCUT2D eigenvalue weighted by Gasteiger charge is 2.32. The van der Waals surface area contributed by atoms with Gasteiger partial charge in [-0.25, -0.2) is 4.98 Å². The first-order valence-corrected chi connectivity index (χ1v) is 5.60. The summed E-state index contributed by atoms with van der Waals surface area (Å²) in [6.45, 7) is 5.38. The average Bonchev–Trinajstić information content (AvgIpc) is 2.27. The minimum Gasteiger partial charge on any atom is -0.402 e. The summed E-state index contributed by atoms with van der Waals surface area (Å²) in [4.78, 5) is 3.66. The van der Waals surface area contributed by atoms with Crippen molar-refractivity contribution in [1.82, 2.24) is 4.98 Å². The quantitative estimate of drug-likeness (QED) is 0.855. The number of pyridine rings is 1. The second-order valence-corrected chi connectivity index (χ2v) is 4.20. The number of aromatic nitrogens is 1. The molecule has 19 heavy (non-hydrogen) atoms. The van der Waals surface area contributed by atoms with Gasteiger partial charge >= 0.3 is 6.36 Å². The standard InChI is InChI=1S/C11H15F3N4O/c1-6(2)17-18-7(3)8-4-9(10(15)16-5-8)19-11(12,13)14/h4-7H,1-3H3,(H2,15,16). The highest BCUT2D eigenvalue weighted by Crippen LogP contribution is 2.30. The van der Waals surface area contributed by atoms with Crippen LogP contribution in [0.3, 0.4) is 0 Å². The Bertz CT molecular complexity index is 460. The van der Waals surface area contributed by atoms with Gasteiger partial charge in [-0.1, -0.05) is 0 Å². The molecule has 1 heterocycles. The molecule has 1 atom stereocenters. The third-order valence-corrected chi connectivity index (χ3v) is 2.08. The van der Waals surface area contributed by atoms with Crippen LogP contribution >= 0.6 is 0 Å². The number of halogens is 3. The van der Waals surface area contributed by atoms with Crippen LogP contribution in [0, 0.1) is 0 Å². The van der Waals surface area contributed by atoms with Crippen molar-refractivity contribution in [3.8, 4) is 5.75 Å². The summed E-state index contributed by atoms with van der Waals surface area (Å²) in [7, 11) is 0. The topological polar surface area (TPSA) is 72.9 Å². The molecule has 0 aliphatic heterocycles. The van der Waals surface area contributed by atoms with E-state index in [1.807, 2.05) is 13.8 Å². The Morgan fingerprint density at radius 1 is 1.26 bits per heavy atom. The Labute approximate surface area is 108 Å². The van der Waals surface area contributed by atoms with E-state index >= 15 is 0 Å². The molecule has 1 aromatic rings. The van der Waals surface area contributed by atoms with Crippen molar-refractivity contribution in [2.24, 2.45) is 10.2 Å². The number of nitrogens with zero attached hydrogens (tertiary/aromatic N) is 3. The minimum absolute atomic E-state index is 0.00934. The van der Waals surface area contributed by atoms with Gasteiger partial charge in [-0.15, -0.1) is 13.2 Å². The van der Waals surface area contributed by atoms with Crippen molar-refractivity contribution in [3.63, 3.8) is 0 Å². The van der Waals surface area contributed by atoms with Crippen LogP contribution < -0.4 is 10.5 Å². The molecular weight excluding hydrogens is 261 g/mol. The van der Waals surface area contributed by atoms with E-state index in [0.29, 0.717) is 5.56 Å². The molecule has 0 aromatic carbocycles. The fraction of sp³-hybridized carbons (Fsp3) is 0.545. The molecule has 8 heteroatoms. The Kier molecular flexibility index (Phi) is 4.68. The number of hydrogen-bond donors (Lipinski definition) is 1. The van der Waals surface area contributed by atoms with Gasteiger partial charge in [0, 0.05) is 11.8 Å². The fourth-order valence-electron chi connectivity index (χ4n) is 1.21. The Balaban J connectivity index is 2.95. The van der Waals surface area contributed by atoms with Crippen LogP contribution in [0.15, 0.2) is 22.5 Å². The van der Waals surface area contributed by atoms with Crippen LogP contribution in [0.1, 0.15) is 32.4 Å². The molecule has 1 aromatic heterocycles. The normalized spacial score (nSPS) is 14.1. The number of rotatable bonds is 4. The molecule has 0 saturated carbocycles. The first-order valence-electron chi connectivity index (χ1n) is 5.60. The maximum absolute atomic E-state index is 12.2. The second-order valence-electron chi connectivity index (χ2n) is 4.20. The third-order valence-electron chi connectivity index (χ3n) is 2.08. The van der Waals surface area contributed by atoms with Gasteiger partial charge in [0.2, 0.25) is 0 Å². The van der Waals surface area contributed by atoms with Gasteiger partial charge in [-0.2, -0.15) is 10.2 Å². The summed E-state index contributed by atoms with van der Waals surface area (Å²) in [6, 6.07) is 0.751. The first kappa shape index (κ1) is 15.2. The molecule has 1 unspecified atom stereocenters. The highest BCUT2D eigenvalue weighted by atomic mass is 19.4. The number of alkyl halides is 3. The highest BCUT2D eigenvalue weighted by molar-refractivity contribution is 5.47. The largest absolute Gasteiger partial charge is 0.573 e. The first-order chi connectivity index (χ1) is 8.69. The molecule has 0 aliphatic carbocycles. The molecule has 5 nitrogen and oxygen atoms in total. The van der Waals surface area contributed by atoms with Gasteiger partial charge < -0.3 is 10.5 Å². The molecule has 0 bridgehead atoms. The Morgan fingerprint density at radius 2 is 1.89 bits per heavy atom. The maximum Gasteiger partial charge on any atom is 0.573 e. The SMILES string of the molecule is CC(C)N=NC(C)c1cnc(N)c(OC(F)(F)F)c1. The van der Waals surface area contributed by atoms with Crippen LogP contribution in [0.2, 0.25) is 0 Å². The molecule has 0 radical (unpaired) electrons. The van der Waals surface area contributed by atoms with E-state index in [-0.39, 0.29) is 11.9 Å². The van der Waals surface area contributed by atoms with E-state index in [9.17, 15) is 13.2 Å². The lowest BCUT2D eigenvalue weighted by molar-refractivity contribution is -0.274. The van der Waals surface area contributed by atoms with Crippen LogP contribution in [0.25, 0.3) is 0 Å². The molecule has 1 rings (SSSR count). The lowest BCUT2D eigenvalue weighted by Crippen LogP contribution is -2.18. The van der Waals surface area contributed by atoms with E-state index in [1.165, 1.54) is 12.3 Å². The summed E-state index contributed by atoms with van der Waals surface area (Å²) in [6.07, 6.45) is -3.46. The summed E-state index contributed by atoms with van der Waals surface area (Å²) < 4.78 is 40.3. The zero-order valence-electron chi connectivity index (χ0n) is 10.8. The fourth-order valence-corrected chi connectivity index (χ4v) is 1.21. The maximum atomic E-state index is 12.2. The zero-order valence-corrected chi connectivity index (χ0v) is 10.8. The second kappa shape index (κ2) is 5.85. The molecule has 0 aliphatic rings. The van der Waals surface area contributed by atoms with Gasteiger partial charge in [0.1, 0.15) is 0 Å². The zero-order chi connectivity index (χ0) is 14.6. The molecule has 106 valence electrons. The van der Waals surface area contributed by atoms with E-state index in [1.54, 1.807) is 6.92 Å². The van der Waals surface area contributed by atoms with Gasteiger partial charge in [-0.05, 0) is 26.8 Å². The van der Waals surface area contributed by atoms with Crippen molar-refractivity contribution in [2.75, 3.05) is 5.73 Å². The minimum atomic E-state index is -4.81. The number of hydrogen-bond acceptors (Lipinski definition) is 5. The van der Waals surface area contributed by atoms with Crippen molar-refractivity contribution in [2.45, 2.75) is 39.2 Å². The number of azo groups is 1. The Morgan fingerprint density at radius 3 is 2.42 bits per heavy atom. The molecule has 0 spiro atoms. The van der Waals surface area contributed by atoms with Crippen LogP contribution in [-0.2, 0) is 0 Å². The summed E-state index contributed by atoms with van der Waals surface area (Å²) in [5.41, 5.74) is 5.77. The molecule has 2 N–H and O–H groups in total. The van der Waals surface area contributed by atoms with E-state index in [4.69, 9.17) is 5.73 Å². The van der Waals surface area contributed by atoms with Gasteiger partial charge in [0.15, 0.2) is 11.6 Å². The smallest absolute Gasteiger partial charge is 0.402 e.